The minimum atomic E-state index is -0.590. The fraction of sp³-hybridized carbons (Fsp3) is 0.609. The van der Waals surface area contributed by atoms with Gasteiger partial charge in [0.15, 0.2) is 0 Å². The summed E-state index contributed by atoms with van der Waals surface area (Å²) in [5.41, 5.74) is 0.692. The van der Waals surface area contributed by atoms with Crippen molar-refractivity contribution in [2.45, 2.75) is 46.6 Å². The molecule has 164 valence electrons. The van der Waals surface area contributed by atoms with Crippen LogP contribution in [0.3, 0.4) is 0 Å². The smallest absolute Gasteiger partial charge is 0.327 e. The second kappa shape index (κ2) is 8.66. The van der Waals surface area contributed by atoms with E-state index in [0.717, 1.165) is 11.3 Å². The third kappa shape index (κ3) is 4.60. The lowest BCUT2D eigenvalue weighted by molar-refractivity contribution is -0.134. The first-order chi connectivity index (χ1) is 14.1. The van der Waals surface area contributed by atoms with Crippen LogP contribution in [0.15, 0.2) is 24.3 Å². The van der Waals surface area contributed by atoms with Gasteiger partial charge in [0, 0.05) is 31.5 Å². The number of amides is 4. The molecule has 2 fully saturated rings. The highest BCUT2D eigenvalue weighted by atomic mass is 16.5. The first kappa shape index (κ1) is 22.1. The van der Waals surface area contributed by atoms with Gasteiger partial charge >= 0.3 is 6.03 Å². The van der Waals surface area contributed by atoms with Gasteiger partial charge in [0.25, 0.3) is 5.91 Å². The number of benzene rings is 1. The number of ether oxygens (including phenoxy) is 1. The molecule has 7 nitrogen and oxygen atoms in total. The van der Waals surface area contributed by atoms with Crippen molar-refractivity contribution < 1.29 is 19.1 Å². The van der Waals surface area contributed by atoms with Crippen LogP contribution in [0.4, 0.5) is 4.79 Å². The lowest BCUT2D eigenvalue weighted by Crippen LogP contribution is -2.44. The van der Waals surface area contributed by atoms with Gasteiger partial charge < -0.3 is 14.5 Å². The molecule has 30 heavy (non-hydrogen) atoms. The van der Waals surface area contributed by atoms with Gasteiger partial charge in [0.05, 0.1) is 13.7 Å². The highest BCUT2D eigenvalue weighted by Crippen LogP contribution is 2.31. The summed E-state index contributed by atoms with van der Waals surface area (Å²) >= 11 is 0. The number of fused-ring (bicyclic) bond motifs is 1. The van der Waals surface area contributed by atoms with E-state index in [9.17, 15) is 14.4 Å². The Morgan fingerprint density at radius 3 is 2.57 bits per heavy atom. The largest absolute Gasteiger partial charge is 0.496 e. The SMILES string of the molecule is COc1ccccc1CCC(=O)N1CC2C(=O)N(CC(C)C)C(=O)N2CC(C)(C)C1. The van der Waals surface area contributed by atoms with Crippen LogP contribution in [-0.2, 0) is 16.0 Å². The summed E-state index contributed by atoms with van der Waals surface area (Å²) in [6.45, 7) is 9.71. The van der Waals surface area contributed by atoms with Crippen molar-refractivity contribution in [3.05, 3.63) is 29.8 Å². The number of hydrogen-bond acceptors (Lipinski definition) is 4. The number of hydrogen-bond donors (Lipinski definition) is 0. The molecule has 2 aliphatic heterocycles. The highest BCUT2D eigenvalue weighted by Gasteiger charge is 2.50. The maximum atomic E-state index is 13.1. The Labute approximate surface area is 179 Å². The van der Waals surface area contributed by atoms with Crippen LogP contribution in [0.1, 0.15) is 39.7 Å². The first-order valence-electron chi connectivity index (χ1n) is 10.6. The zero-order valence-corrected chi connectivity index (χ0v) is 18.7. The number of carbonyl (C=O) groups is 3. The Balaban J connectivity index is 1.75. The summed E-state index contributed by atoms with van der Waals surface area (Å²) in [5.74, 6) is 0.786. The highest BCUT2D eigenvalue weighted by molar-refractivity contribution is 6.04. The number of urea groups is 1. The van der Waals surface area contributed by atoms with Crippen LogP contribution in [0.2, 0.25) is 0 Å². The van der Waals surface area contributed by atoms with E-state index in [1.807, 2.05) is 52.0 Å². The first-order valence-corrected chi connectivity index (χ1v) is 10.6. The molecule has 7 heteroatoms. The third-order valence-corrected chi connectivity index (χ3v) is 5.72. The van der Waals surface area contributed by atoms with Crippen molar-refractivity contribution in [1.82, 2.24) is 14.7 Å². The van der Waals surface area contributed by atoms with Crippen molar-refractivity contribution in [2.75, 3.05) is 33.3 Å². The minimum Gasteiger partial charge on any atom is -0.496 e. The Hall–Kier alpha value is -2.57. The van der Waals surface area contributed by atoms with Crippen LogP contribution < -0.4 is 4.74 Å². The van der Waals surface area contributed by atoms with E-state index in [1.165, 1.54) is 4.90 Å². The summed E-state index contributed by atoms with van der Waals surface area (Å²) in [5, 5.41) is 0. The molecule has 0 N–H and O–H groups in total. The molecule has 1 atom stereocenters. The number of imide groups is 1. The van der Waals surface area contributed by atoms with E-state index in [0.29, 0.717) is 32.5 Å². The molecule has 3 rings (SSSR count). The molecular formula is C23H33N3O4. The molecule has 2 saturated heterocycles. The van der Waals surface area contributed by atoms with Gasteiger partial charge in [0.2, 0.25) is 5.91 Å². The molecule has 1 aromatic carbocycles. The van der Waals surface area contributed by atoms with Crippen molar-refractivity contribution in [1.29, 1.82) is 0 Å². The van der Waals surface area contributed by atoms with Crippen molar-refractivity contribution in [3.8, 4) is 5.75 Å². The Morgan fingerprint density at radius 1 is 1.20 bits per heavy atom. The van der Waals surface area contributed by atoms with Crippen LogP contribution >= 0.6 is 0 Å². The van der Waals surface area contributed by atoms with Crippen molar-refractivity contribution in [3.63, 3.8) is 0 Å². The molecule has 0 spiro atoms. The number of para-hydroxylation sites is 1. The van der Waals surface area contributed by atoms with Gasteiger partial charge in [0.1, 0.15) is 11.8 Å². The fourth-order valence-electron chi connectivity index (χ4n) is 4.38. The number of aryl methyl sites for hydroxylation is 1. The topological polar surface area (TPSA) is 70.2 Å². The van der Waals surface area contributed by atoms with Crippen LogP contribution in [0.25, 0.3) is 0 Å². The van der Waals surface area contributed by atoms with Gasteiger partial charge in [-0.1, -0.05) is 45.9 Å². The van der Waals surface area contributed by atoms with Gasteiger partial charge in [-0.05, 0) is 24.0 Å². The van der Waals surface area contributed by atoms with Gasteiger partial charge in [-0.15, -0.1) is 0 Å². The lowest BCUT2D eigenvalue weighted by Gasteiger charge is -2.31. The molecule has 1 unspecified atom stereocenters. The molecule has 0 radical (unpaired) electrons. The average Bonchev–Trinajstić information content (AvgIpc) is 2.82. The molecule has 0 saturated carbocycles. The minimum absolute atomic E-state index is 0.00149. The lowest BCUT2D eigenvalue weighted by atomic mass is 9.92. The van der Waals surface area contributed by atoms with Crippen LogP contribution in [-0.4, -0.2) is 71.9 Å². The van der Waals surface area contributed by atoms with Crippen LogP contribution in [0.5, 0.6) is 5.75 Å². The maximum Gasteiger partial charge on any atom is 0.327 e. The molecule has 4 amide bonds. The van der Waals surface area contributed by atoms with E-state index in [2.05, 4.69) is 0 Å². The molecule has 2 heterocycles. The van der Waals surface area contributed by atoms with E-state index >= 15 is 0 Å². The van der Waals surface area contributed by atoms with Gasteiger partial charge in [-0.25, -0.2) is 4.79 Å². The number of nitrogens with zero attached hydrogens (tertiary/aromatic N) is 3. The summed E-state index contributed by atoms with van der Waals surface area (Å²) in [7, 11) is 1.62. The number of methoxy groups -OCH3 is 1. The number of carbonyl (C=O) groups excluding carboxylic acids is 3. The molecule has 0 bridgehead atoms. The van der Waals surface area contributed by atoms with Gasteiger partial charge in [-0.3, -0.25) is 14.5 Å². The second-order valence-electron chi connectivity index (χ2n) is 9.52. The normalized spacial score (nSPS) is 21.1. The summed E-state index contributed by atoms with van der Waals surface area (Å²) < 4.78 is 5.38. The quantitative estimate of drug-likeness (QED) is 0.670. The molecule has 0 aromatic heterocycles. The molecule has 0 aliphatic carbocycles. The second-order valence-corrected chi connectivity index (χ2v) is 9.52. The number of rotatable bonds is 6. The van der Waals surface area contributed by atoms with E-state index < -0.39 is 6.04 Å². The van der Waals surface area contributed by atoms with Crippen molar-refractivity contribution >= 4 is 17.8 Å². The zero-order valence-electron chi connectivity index (χ0n) is 18.7. The monoisotopic (exact) mass is 415 g/mol. The molecule has 2 aliphatic rings. The predicted octanol–water partition coefficient (Wildman–Crippen LogP) is 2.79. The summed E-state index contributed by atoms with van der Waals surface area (Å²) in [6, 6.07) is 6.87. The predicted molar refractivity (Wildman–Crippen MR) is 114 cm³/mol. The van der Waals surface area contributed by atoms with Gasteiger partial charge in [-0.2, -0.15) is 0 Å². The summed E-state index contributed by atoms with van der Waals surface area (Å²) in [6.07, 6.45) is 0.904. The Bertz CT molecular complexity index is 820. The fourth-order valence-corrected chi connectivity index (χ4v) is 4.38. The third-order valence-electron chi connectivity index (χ3n) is 5.72. The van der Waals surface area contributed by atoms with E-state index in [1.54, 1.807) is 16.9 Å². The average molecular weight is 416 g/mol. The standard InChI is InChI=1S/C23H33N3O4/c1-16(2)12-25-21(28)18-13-24(14-23(3,4)15-26(18)22(25)29)20(27)11-10-17-8-6-7-9-19(17)30-5/h6-9,16,18H,10-15H2,1-5H3. The van der Waals surface area contributed by atoms with E-state index in [4.69, 9.17) is 4.74 Å². The zero-order chi connectivity index (χ0) is 22.1. The van der Waals surface area contributed by atoms with Crippen LogP contribution in [0, 0.1) is 11.3 Å². The summed E-state index contributed by atoms with van der Waals surface area (Å²) in [4.78, 5) is 43.8. The van der Waals surface area contributed by atoms with Crippen molar-refractivity contribution in [2.24, 2.45) is 11.3 Å². The Kier molecular flexibility index (Phi) is 6.38. The maximum absolute atomic E-state index is 13.1. The Morgan fingerprint density at radius 2 is 1.90 bits per heavy atom. The molecule has 1 aromatic rings. The molecular weight excluding hydrogens is 382 g/mol. The van der Waals surface area contributed by atoms with E-state index in [-0.39, 0.29) is 35.7 Å².